The summed E-state index contributed by atoms with van der Waals surface area (Å²) in [5.41, 5.74) is 4.68. The second-order valence-corrected chi connectivity index (χ2v) is 7.71. The van der Waals surface area contributed by atoms with Crippen molar-refractivity contribution >= 4 is 11.8 Å². The molecular formula is C22H30N4O2. The fourth-order valence-corrected chi connectivity index (χ4v) is 3.82. The minimum absolute atomic E-state index is 0.0311. The highest BCUT2D eigenvalue weighted by Gasteiger charge is 2.30. The molecule has 0 unspecified atom stereocenters. The minimum Gasteiger partial charge on any atom is -0.339 e. The molecule has 150 valence electrons. The second-order valence-electron chi connectivity index (χ2n) is 7.71. The summed E-state index contributed by atoms with van der Waals surface area (Å²) >= 11 is 0. The SMILES string of the molecule is CCc1c(C(=O)N2CCN(C(C)=O)CC2)c(C(C)C)nn1-c1ccccc1C. The van der Waals surface area contributed by atoms with E-state index in [2.05, 4.69) is 33.8 Å². The number of benzene rings is 1. The lowest BCUT2D eigenvalue weighted by Crippen LogP contribution is -2.50. The maximum absolute atomic E-state index is 13.5. The van der Waals surface area contributed by atoms with Crippen LogP contribution in [-0.4, -0.2) is 57.6 Å². The van der Waals surface area contributed by atoms with Crippen molar-refractivity contribution < 1.29 is 9.59 Å². The third-order valence-electron chi connectivity index (χ3n) is 5.46. The smallest absolute Gasteiger partial charge is 0.257 e. The van der Waals surface area contributed by atoms with Gasteiger partial charge >= 0.3 is 0 Å². The Labute approximate surface area is 167 Å². The maximum atomic E-state index is 13.5. The van der Waals surface area contributed by atoms with Crippen molar-refractivity contribution in [3.63, 3.8) is 0 Å². The Balaban J connectivity index is 2.01. The predicted octanol–water partition coefficient (Wildman–Crippen LogP) is 3.17. The van der Waals surface area contributed by atoms with Gasteiger partial charge in [0.25, 0.3) is 5.91 Å². The van der Waals surface area contributed by atoms with Gasteiger partial charge in [0.1, 0.15) is 0 Å². The van der Waals surface area contributed by atoms with Crippen LogP contribution in [0.5, 0.6) is 0 Å². The number of aromatic nitrogens is 2. The third kappa shape index (κ3) is 3.68. The van der Waals surface area contributed by atoms with E-state index in [4.69, 9.17) is 5.10 Å². The zero-order chi connectivity index (χ0) is 20.4. The molecule has 1 aliphatic rings. The van der Waals surface area contributed by atoms with Gasteiger partial charge in [-0.05, 0) is 30.9 Å². The molecule has 6 nitrogen and oxygen atoms in total. The van der Waals surface area contributed by atoms with Gasteiger partial charge in [0.05, 0.1) is 22.6 Å². The van der Waals surface area contributed by atoms with E-state index >= 15 is 0 Å². The normalized spacial score (nSPS) is 14.6. The van der Waals surface area contributed by atoms with Gasteiger partial charge in [-0.25, -0.2) is 4.68 Å². The summed E-state index contributed by atoms with van der Waals surface area (Å²) < 4.78 is 1.95. The topological polar surface area (TPSA) is 58.4 Å². The predicted molar refractivity (Wildman–Crippen MR) is 110 cm³/mol. The fourth-order valence-electron chi connectivity index (χ4n) is 3.82. The summed E-state index contributed by atoms with van der Waals surface area (Å²) in [6.07, 6.45) is 0.725. The molecule has 1 aromatic heterocycles. The molecule has 0 atom stereocenters. The van der Waals surface area contributed by atoms with Gasteiger partial charge < -0.3 is 9.80 Å². The fraction of sp³-hybridized carbons (Fsp3) is 0.500. The van der Waals surface area contributed by atoms with Crippen molar-refractivity contribution in [3.8, 4) is 5.69 Å². The summed E-state index contributed by atoms with van der Waals surface area (Å²) in [5.74, 6) is 0.244. The quantitative estimate of drug-likeness (QED) is 0.816. The Morgan fingerprint density at radius 2 is 1.68 bits per heavy atom. The van der Waals surface area contributed by atoms with Gasteiger partial charge in [0.15, 0.2) is 0 Å². The van der Waals surface area contributed by atoms with Crippen LogP contribution in [0, 0.1) is 6.92 Å². The molecule has 1 saturated heterocycles. The van der Waals surface area contributed by atoms with E-state index in [9.17, 15) is 9.59 Å². The van der Waals surface area contributed by atoms with E-state index in [1.54, 1.807) is 11.8 Å². The first kappa shape index (κ1) is 20.1. The highest BCUT2D eigenvalue weighted by atomic mass is 16.2. The number of hydrogen-bond donors (Lipinski definition) is 0. The molecule has 0 radical (unpaired) electrons. The molecule has 0 bridgehead atoms. The molecule has 0 aliphatic carbocycles. The third-order valence-corrected chi connectivity index (χ3v) is 5.46. The molecule has 2 aromatic rings. The van der Waals surface area contributed by atoms with Crippen LogP contribution in [0.15, 0.2) is 24.3 Å². The van der Waals surface area contributed by atoms with Crippen LogP contribution in [0.25, 0.3) is 5.69 Å². The first-order chi connectivity index (χ1) is 13.3. The van der Waals surface area contributed by atoms with E-state index in [1.807, 2.05) is 27.8 Å². The van der Waals surface area contributed by atoms with Crippen LogP contribution in [0.3, 0.4) is 0 Å². The van der Waals surface area contributed by atoms with Gasteiger partial charge in [-0.15, -0.1) is 0 Å². The molecule has 6 heteroatoms. The van der Waals surface area contributed by atoms with Crippen LogP contribution >= 0.6 is 0 Å². The number of rotatable bonds is 4. The van der Waals surface area contributed by atoms with Crippen LogP contribution in [0.4, 0.5) is 0 Å². The number of amides is 2. The highest BCUT2D eigenvalue weighted by molar-refractivity contribution is 5.97. The van der Waals surface area contributed by atoms with E-state index in [1.165, 1.54) is 0 Å². The molecule has 2 amide bonds. The monoisotopic (exact) mass is 382 g/mol. The van der Waals surface area contributed by atoms with Crippen molar-refractivity contribution in [3.05, 3.63) is 46.8 Å². The summed E-state index contributed by atoms with van der Waals surface area (Å²) in [4.78, 5) is 28.7. The Bertz CT molecular complexity index is 877. The molecular weight excluding hydrogens is 352 g/mol. The molecule has 3 rings (SSSR count). The molecule has 1 aliphatic heterocycles. The Morgan fingerprint density at radius 1 is 1.07 bits per heavy atom. The lowest BCUT2D eigenvalue weighted by atomic mass is 10.0. The number of carbonyl (C=O) groups excluding carboxylic acids is 2. The van der Waals surface area contributed by atoms with E-state index < -0.39 is 0 Å². The largest absolute Gasteiger partial charge is 0.339 e. The average Bonchev–Trinajstić information content (AvgIpc) is 3.07. The van der Waals surface area contributed by atoms with Crippen molar-refractivity contribution in [1.29, 1.82) is 0 Å². The Kier molecular flexibility index (Phi) is 5.87. The van der Waals surface area contributed by atoms with Crippen molar-refractivity contribution in [1.82, 2.24) is 19.6 Å². The van der Waals surface area contributed by atoms with E-state index in [0.29, 0.717) is 26.2 Å². The van der Waals surface area contributed by atoms with Gasteiger partial charge in [0.2, 0.25) is 5.91 Å². The number of carbonyl (C=O) groups is 2. The van der Waals surface area contributed by atoms with Crippen molar-refractivity contribution in [2.24, 2.45) is 0 Å². The Hall–Kier alpha value is -2.63. The summed E-state index contributed by atoms with van der Waals surface area (Å²) in [5, 5.41) is 4.88. The molecule has 2 heterocycles. The zero-order valence-corrected chi connectivity index (χ0v) is 17.5. The Morgan fingerprint density at radius 3 is 2.21 bits per heavy atom. The number of hydrogen-bond acceptors (Lipinski definition) is 3. The first-order valence-corrected chi connectivity index (χ1v) is 10.1. The number of para-hydroxylation sites is 1. The number of aryl methyl sites for hydroxylation is 1. The minimum atomic E-state index is 0.0311. The molecule has 0 spiro atoms. The van der Waals surface area contributed by atoms with Gasteiger partial charge in [-0.1, -0.05) is 39.0 Å². The lowest BCUT2D eigenvalue weighted by Gasteiger charge is -2.34. The van der Waals surface area contributed by atoms with E-state index in [0.717, 1.165) is 34.6 Å². The van der Waals surface area contributed by atoms with Crippen LogP contribution in [-0.2, 0) is 11.2 Å². The van der Waals surface area contributed by atoms with Crippen molar-refractivity contribution in [2.45, 2.75) is 47.0 Å². The number of piperazine rings is 1. The molecule has 28 heavy (non-hydrogen) atoms. The van der Waals surface area contributed by atoms with Crippen LogP contribution < -0.4 is 0 Å². The average molecular weight is 383 g/mol. The molecule has 0 N–H and O–H groups in total. The maximum Gasteiger partial charge on any atom is 0.257 e. The zero-order valence-electron chi connectivity index (χ0n) is 17.5. The molecule has 1 aromatic carbocycles. The first-order valence-electron chi connectivity index (χ1n) is 10.1. The van der Waals surface area contributed by atoms with Gasteiger partial charge in [-0.3, -0.25) is 9.59 Å². The number of nitrogens with zero attached hydrogens (tertiary/aromatic N) is 4. The van der Waals surface area contributed by atoms with Crippen LogP contribution in [0.1, 0.15) is 60.9 Å². The summed E-state index contributed by atoms with van der Waals surface area (Å²) in [7, 11) is 0. The van der Waals surface area contributed by atoms with Gasteiger partial charge in [0, 0.05) is 33.1 Å². The summed E-state index contributed by atoms with van der Waals surface area (Å²) in [6.45, 7) is 12.2. The van der Waals surface area contributed by atoms with E-state index in [-0.39, 0.29) is 17.7 Å². The van der Waals surface area contributed by atoms with Crippen molar-refractivity contribution in [2.75, 3.05) is 26.2 Å². The molecule has 0 saturated carbocycles. The standard InChI is InChI=1S/C22H30N4O2/c1-6-18-20(22(28)25-13-11-24(12-14-25)17(5)27)21(15(2)3)23-26(18)19-10-8-7-9-16(19)4/h7-10,15H,6,11-14H2,1-5H3. The lowest BCUT2D eigenvalue weighted by molar-refractivity contribution is -0.130. The van der Waals surface area contributed by atoms with Gasteiger partial charge in [-0.2, -0.15) is 5.10 Å². The highest BCUT2D eigenvalue weighted by Crippen LogP contribution is 2.28. The van der Waals surface area contributed by atoms with Crippen LogP contribution in [0.2, 0.25) is 0 Å². The summed E-state index contributed by atoms with van der Waals surface area (Å²) in [6, 6.07) is 8.12. The second kappa shape index (κ2) is 8.17. The molecule has 1 fully saturated rings.